The largest absolute Gasteiger partial charge is 0.485 e. The minimum atomic E-state index is -3.71. The van der Waals surface area contributed by atoms with Crippen molar-refractivity contribution in [3.63, 3.8) is 0 Å². The normalized spacial score (nSPS) is 11.5. The van der Waals surface area contributed by atoms with Gasteiger partial charge < -0.3 is 9.26 Å². The quantitative estimate of drug-likeness (QED) is 0.762. The van der Waals surface area contributed by atoms with E-state index in [1.54, 1.807) is 0 Å². The van der Waals surface area contributed by atoms with Crippen LogP contribution in [-0.4, -0.2) is 18.6 Å². The summed E-state index contributed by atoms with van der Waals surface area (Å²) in [6.07, 6.45) is 1.66. The zero-order valence-corrected chi connectivity index (χ0v) is 12.3. The van der Waals surface area contributed by atoms with Gasteiger partial charge in [-0.2, -0.15) is 4.98 Å². The van der Waals surface area contributed by atoms with Crippen molar-refractivity contribution < 1.29 is 17.7 Å². The highest BCUT2D eigenvalue weighted by atomic mass is 35.7. The van der Waals surface area contributed by atoms with E-state index in [4.69, 9.17) is 19.9 Å². The molecular formula is C12H13ClN2O4S. The minimum absolute atomic E-state index is 0.0244. The van der Waals surface area contributed by atoms with Gasteiger partial charge >= 0.3 is 0 Å². The van der Waals surface area contributed by atoms with Gasteiger partial charge in [0.2, 0.25) is 11.7 Å². The van der Waals surface area contributed by atoms with Gasteiger partial charge in [-0.3, -0.25) is 0 Å². The van der Waals surface area contributed by atoms with Crippen molar-refractivity contribution >= 4 is 19.7 Å². The predicted octanol–water partition coefficient (Wildman–Crippen LogP) is 2.53. The van der Waals surface area contributed by atoms with Crippen LogP contribution in [0.5, 0.6) is 5.75 Å². The molecule has 20 heavy (non-hydrogen) atoms. The first-order valence-corrected chi connectivity index (χ1v) is 8.29. The molecular weight excluding hydrogens is 304 g/mol. The van der Waals surface area contributed by atoms with Crippen LogP contribution in [0.1, 0.15) is 25.1 Å². The average Bonchev–Trinajstić information content (AvgIpc) is 2.84. The molecule has 0 atom stereocenters. The lowest BCUT2D eigenvalue weighted by atomic mass is 10.3. The van der Waals surface area contributed by atoms with Crippen molar-refractivity contribution in [2.75, 3.05) is 0 Å². The van der Waals surface area contributed by atoms with E-state index in [2.05, 4.69) is 10.1 Å². The van der Waals surface area contributed by atoms with Crippen molar-refractivity contribution in [1.82, 2.24) is 10.1 Å². The van der Waals surface area contributed by atoms with Gasteiger partial charge in [0.15, 0.2) is 6.61 Å². The highest BCUT2D eigenvalue weighted by molar-refractivity contribution is 8.13. The molecule has 0 fully saturated rings. The first-order chi connectivity index (χ1) is 9.49. The van der Waals surface area contributed by atoms with Gasteiger partial charge in [-0.25, -0.2) is 8.42 Å². The van der Waals surface area contributed by atoms with Crippen LogP contribution >= 0.6 is 10.7 Å². The Kier molecular flexibility index (Phi) is 4.61. The summed E-state index contributed by atoms with van der Waals surface area (Å²) in [5.74, 6) is 1.52. The maximum absolute atomic E-state index is 11.1. The Hall–Kier alpha value is -1.60. The van der Waals surface area contributed by atoms with Crippen LogP contribution < -0.4 is 4.74 Å². The molecule has 1 aromatic heterocycles. The number of ether oxygens (including phenoxy) is 1. The molecule has 6 nitrogen and oxygen atoms in total. The summed E-state index contributed by atoms with van der Waals surface area (Å²) in [5.41, 5.74) is 0. The molecule has 2 rings (SSSR count). The highest BCUT2D eigenvalue weighted by Gasteiger charge is 2.10. The Morgan fingerprint density at radius 1 is 1.30 bits per heavy atom. The molecule has 0 saturated heterocycles. The first kappa shape index (κ1) is 14.8. The molecule has 0 saturated carbocycles. The molecule has 0 aliphatic rings. The third kappa shape index (κ3) is 3.94. The van der Waals surface area contributed by atoms with E-state index in [9.17, 15) is 8.42 Å². The summed E-state index contributed by atoms with van der Waals surface area (Å²) in [6.45, 7) is 2.17. The van der Waals surface area contributed by atoms with E-state index in [1.165, 1.54) is 24.3 Å². The number of benzene rings is 1. The SMILES string of the molecule is CCCc1nc(COc2ccc(S(=O)(=O)Cl)cc2)no1. The Labute approximate surface area is 121 Å². The molecule has 2 aromatic rings. The summed E-state index contributed by atoms with van der Waals surface area (Å²) >= 11 is 0. The fourth-order valence-electron chi connectivity index (χ4n) is 1.51. The van der Waals surface area contributed by atoms with Crippen molar-refractivity contribution in [2.45, 2.75) is 31.3 Å². The molecule has 1 heterocycles. The van der Waals surface area contributed by atoms with E-state index < -0.39 is 9.05 Å². The topological polar surface area (TPSA) is 82.3 Å². The van der Waals surface area contributed by atoms with Crippen LogP contribution in [0.4, 0.5) is 0 Å². The molecule has 0 N–H and O–H groups in total. The second kappa shape index (κ2) is 6.23. The van der Waals surface area contributed by atoms with Gasteiger partial charge in [0.25, 0.3) is 9.05 Å². The standard InChI is InChI=1S/C12H13ClN2O4S/c1-2-3-12-14-11(15-19-12)8-18-9-4-6-10(7-5-9)20(13,16)17/h4-7H,2-3,8H2,1H3. The lowest BCUT2D eigenvalue weighted by molar-refractivity contribution is 0.285. The summed E-state index contributed by atoms with van der Waals surface area (Å²) in [6, 6.07) is 5.78. The third-order valence-corrected chi connectivity index (χ3v) is 3.82. The van der Waals surface area contributed by atoms with Crippen LogP contribution in [0.25, 0.3) is 0 Å². The van der Waals surface area contributed by atoms with E-state index in [1.807, 2.05) is 6.92 Å². The van der Waals surface area contributed by atoms with Gasteiger partial charge in [-0.15, -0.1) is 0 Å². The number of rotatable bonds is 6. The number of halogens is 1. The fourth-order valence-corrected chi connectivity index (χ4v) is 2.28. The zero-order chi connectivity index (χ0) is 14.6. The lowest BCUT2D eigenvalue weighted by Gasteiger charge is -2.03. The van der Waals surface area contributed by atoms with Crippen LogP contribution in [0.3, 0.4) is 0 Å². The predicted molar refractivity (Wildman–Crippen MR) is 72.1 cm³/mol. The lowest BCUT2D eigenvalue weighted by Crippen LogP contribution is -1.98. The molecule has 0 radical (unpaired) electrons. The second-order valence-electron chi connectivity index (χ2n) is 4.05. The zero-order valence-electron chi connectivity index (χ0n) is 10.7. The van der Waals surface area contributed by atoms with Gasteiger partial charge in [-0.05, 0) is 30.7 Å². The van der Waals surface area contributed by atoms with Gasteiger partial charge in [0, 0.05) is 17.1 Å². The maximum Gasteiger partial charge on any atom is 0.261 e. The van der Waals surface area contributed by atoms with E-state index in [-0.39, 0.29) is 11.5 Å². The van der Waals surface area contributed by atoms with Crippen molar-refractivity contribution in [3.05, 3.63) is 36.0 Å². The van der Waals surface area contributed by atoms with Gasteiger partial charge in [0.05, 0.1) is 4.90 Å². The number of aryl methyl sites for hydroxylation is 1. The Morgan fingerprint density at radius 2 is 2.00 bits per heavy atom. The molecule has 0 aliphatic heterocycles. The average molecular weight is 317 g/mol. The molecule has 0 amide bonds. The number of hydrogen-bond acceptors (Lipinski definition) is 6. The Bertz CT molecular complexity index is 667. The van der Waals surface area contributed by atoms with Crippen LogP contribution in [-0.2, 0) is 22.1 Å². The van der Waals surface area contributed by atoms with Crippen molar-refractivity contribution in [1.29, 1.82) is 0 Å². The molecule has 0 bridgehead atoms. The fraction of sp³-hybridized carbons (Fsp3) is 0.333. The monoisotopic (exact) mass is 316 g/mol. The number of nitrogens with zero attached hydrogens (tertiary/aromatic N) is 2. The van der Waals surface area contributed by atoms with E-state index >= 15 is 0 Å². The highest BCUT2D eigenvalue weighted by Crippen LogP contribution is 2.19. The second-order valence-corrected chi connectivity index (χ2v) is 6.62. The maximum atomic E-state index is 11.1. The third-order valence-electron chi connectivity index (χ3n) is 2.45. The van der Waals surface area contributed by atoms with E-state index in [0.717, 1.165) is 12.8 Å². The Morgan fingerprint density at radius 3 is 2.60 bits per heavy atom. The van der Waals surface area contributed by atoms with Crippen molar-refractivity contribution in [3.8, 4) is 5.75 Å². The summed E-state index contributed by atoms with van der Waals surface area (Å²) < 4.78 is 32.6. The first-order valence-electron chi connectivity index (χ1n) is 5.98. The van der Waals surface area contributed by atoms with Crippen LogP contribution in [0, 0.1) is 0 Å². The molecule has 0 spiro atoms. The van der Waals surface area contributed by atoms with Gasteiger partial charge in [0.1, 0.15) is 5.75 Å². The van der Waals surface area contributed by atoms with Gasteiger partial charge in [-0.1, -0.05) is 12.1 Å². The van der Waals surface area contributed by atoms with Crippen molar-refractivity contribution in [2.24, 2.45) is 0 Å². The number of hydrogen-bond donors (Lipinski definition) is 0. The number of aromatic nitrogens is 2. The van der Waals surface area contributed by atoms with Crippen LogP contribution in [0.15, 0.2) is 33.7 Å². The summed E-state index contributed by atoms with van der Waals surface area (Å²) in [7, 11) is 1.50. The summed E-state index contributed by atoms with van der Waals surface area (Å²) in [5, 5.41) is 3.78. The minimum Gasteiger partial charge on any atom is -0.485 e. The molecule has 1 aromatic carbocycles. The van der Waals surface area contributed by atoms with E-state index in [0.29, 0.717) is 17.5 Å². The Balaban J connectivity index is 1.96. The van der Waals surface area contributed by atoms with Crippen LogP contribution in [0.2, 0.25) is 0 Å². The smallest absolute Gasteiger partial charge is 0.261 e. The molecule has 0 unspecified atom stereocenters. The summed E-state index contributed by atoms with van der Waals surface area (Å²) in [4.78, 5) is 4.18. The molecule has 0 aliphatic carbocycles. The molecule has 108 valence electrons. The molecule has 8 heteroatoms.